The molecule has 0 bridgehead atoms. The van der Waals surface area contributed by atoms with Crippen LogP contribution in [-0.2, 0) is 16.0 Å². The van der Waals surface area contributed by atoms with Gasteiger partial charge in [0.25, 0.3) is 0 Å². The van der Waals surface area contributed by atoms with Gasteiger partial charge in [0.1, 0.15) is 5.65 Å². The number of aromatic nitrogens is 3. The molecule has 5 aromatic rings. The molecule has 0 saturated carbocycles. The fraction of sp³-hybridized carbons (Fsp3) is 0.0385. The fourth-order valence-electron chi connectivity index (χ4n) is 3.99. The number of carbonyl (C=O) groups excluding carboxylic acids is 1. The number of pyridine rings is 1. The van der Waals surface area contributed by atoms with Crippen LogP contribution in [-0.4, -0.2) is 31.9 Å². The number of hydrogen-bond acceptors (Lipinski definition) is 3. The lowest BCUT2D eigenvalue weighted by Gasteiger charge is -2.08. The van der Waals surface area contributed by atoms with E-state index in [-0.39, 0.29) is 17.9 Å². The number of nitrogens with zero attached hydrogens (tertiary/aromatic N) is 1. The van der Waals surface area contributed by atoms with E-state index >= 15 is 0 Å². The SMILES string of the molecule is O=C(Cc1c[nH]c2ccccc12)Nc1ccnc2[nH]cc(C=C(C(=O)O)c3ccccc3)c12. The molecule has 3 aromatic heterocycles. The Bertz CT molecular complexity index is 1510. The molecule has 0 aliphatic carbocycles. The van der Waals surface area contributed by atoms with Crippen LogP contribution in [0.1, 0.15) is 16.7 Å². The molecule has 0 aliphatic heterocycles. The maximum Gasteiger partial charge on any atom is 0.336 e. The van der Waals surface area contributed by atoms with Gasteiger partial charge in [-0.1, -0.05) is 48.5 Å². The first-order chi connectivity index (χ1) is 16.1. The molecule has 7 nitrogen and oxygen atoms in total. The molecule has 4 N–H and O–H groups in total. The molecule has 0 saturated heterocycles. The summed E-state index contributed by atoms with van der Waals surface area (Å²) in [6.45, 7) is 0. The predicted molar refractivity (Wildman–Crippen MR) is 129 cm³/mol. The van der Waals surface area contributed by atoms with Gasteiger partial charge in [-0.05, 0) is 29.3 Å². The van der Waals surface area contributed by atoms with E-state index in [0.29, 0.717) is 27.8 Å². The van der Waals surface area contributed by atoms with Crippen LogP contribution in [0, 0.1) is 0 Å². The van der Waals surface area contributed by atoms with Crippen LogP contribution in [0.4, 0.5) is 5.69 Å². The Hall–Kier alpha value is -4.65. The van der Waals surface area contributed by atoms with Gasteiger partial charge < -0.3 is 20.4 Å². The van der Waals surface area contributed by atoms with Crippen molar-refractivity contribution in [1.82, 2.24) is 15.0 Å². The Morgan fingerprint density at radius 1 is 0.970 bits per heavy atom. The average molecular weight is 436 g/mol. The number of aromatic amines is 2. The Balaban J connectivity index is 1.49. The Labute approximate surface area is 188 Å². The normalized spacial score (nSPS) is 11.7. The number of hydrogen-bond donors (Lipinski definition) is 4. The summed E-state index contributed by atoms with van der Waals surface area (Å²) in [6.07, 6.45) is 6.93. The lowest BCUT2D eigenvalue weighted by atomic mass is 10.0. The van der Waals surface area contributed by atoms with Crippen LogP contribution in [0.5, 0.6) is 0 Å². The van der Waals surface area contributed by atoms with E-state index in [2.05, 4.69) is 20.3 Å². The van der Waals surface area contributed by atoms with Crippen molar-refractivity contribution in [1.29, 1.82) is 0 Å². The molecular weight excluding hydrogens is 416 g/mol. The molecule has 0 spiro atoms. The summed E-state index contributed by atoms with van der Waals surface area (Å²) in [5.74, 6) is -1.21. The van der Waals surface area contributed by atoms with E-state index in [4.69, 9.17) is 0 Å². The molecule has 0 unspecified atom stereocenters. The van der Waals surface area contributed by atoms with Gasteiger partial charge in [-0.3, -0.25) is 4.79 Å². The first-order valence-corrected chi connectivity index (χ1v) is 10.4. The quantitative estimate of drug-likeness (QED) is 0.285. The standard InChI is InChI=1S/C26H20N4O3/c31-23(13-17-14-28-21-9-5-4-8-19(17)21)30-22-10-11-27-25-24(22)18(15-29-25)12-20(26(32)33)16-6-2-1-3-7-16/h1-12,14-15,28H,13H2,(H,32,33)(H2,27,29,30,31). The highest BCUT2D eigenvalue weighted by Crippen LogP contribution is 2.29. The third-order valence-electron chi connectivity index (χ3n) is 5.52. The number of nitrogens with one attached hydrogen (secondary N) is 3. The molecule has 7 heteroatoms. The number of carbonyl (C=O) groups is 2. The van der Waals surface area contributed by atoms with E-state index in [1.165, 1.54) is 0 Å². The summed E-state index contributed by atoms with van der Waals surface area (Å²) in [5, 5.41) is 14.4. The summed E-state index contributed by atoms with van der Waals surface area (Å²) >= 11 is 0. The van der Waals surface area contributed by atoms with Crippen LogP contribution in [0.3, 0.4) is 0 Å². The molecule has 33 heavy (non-hydrogen) atoms. The molecule has 0 radical (unpaired) electrons. The van der Waals surface area contributed by atoms with Crippen LogP contribution in [0.2, 0.25) is 0 Å². The van der Waals surface area contributed by atoms with Crippen LogP contribution < -0.4 is 5.32 Å². The van der Waals surface area contributed by atoms with Crippen molar-refractivity contribution in [3.05, 3.63) is 95.9 Å². The van der Waals surface area contributed by atoms with Crippen molar-refractivity contribution < 1.29 is 14.7 Å². The van der Waals surface area contributed by atoms with E-state index < -0.39 is 5.97 Å². The van der Waals surface area contributed by atoms with Gasteiger partial charge in [0.05, 0.1) is 17.7 Å². The van der Waals surface area contributed by atoms with Crippen LogP contribution in [0.15, 0.2) is 79.3 Å². The largest absolute Gasteiger partial charge is 0.478 e. The van der Waals surface area contributed by atoms with Crippen molar-refractivity contribution in [2.75, 3.05) is 5.32 Å². The van der Waals surface area contributed by atoms with Crippen molar-refractivity contribution in [3.8, 4) is 0 Å². The van der Waals surface area contributed by atoms with Gasteiger partial charge in [0.2, 0.25) is 5.91 Å². The molecule has 5 rings (SSSR count). The first kappa shape index (κ1) is 20.3. The maximum absolute atomic E-state index is 12.9. The number of carboxylic acid groups (broad SMARTS) is 1. The number of fused-ring (bicyclic) bond motifs is 2. The highest BCUT2D eigenvalue weighted by Gasteiger charge is 2.16. The molecular formula is C26H20N4O3. The lowest BCUT2D eigenvalue weighted by molar-refractivity contribution is -0.130. The van der Waals surface area contributed by atoms with Crippen LogP contribution >= 0.6 is 0 Å². The second-order valence-electron chi connectivity index (χ2n) is 7.64. The highest BCUT2D eigenvalue weighted by atomic mass is 16.4. The van der Waals surface area contributed by atoms with Gasteiger partial charge in [-0.15, -0.1) is 0 Å². The van der Waals surface area contributed by atoms with E-state index in [1.807, 2.05) is 36.5 Å². The minimum atomic E-state index is -1.04. The highest BCUT2D eigenvalue weighted by molar-refractivity contribution is 6.22. The van der Waals surface area contributed by atoms with E-state index in [0.717, 1.165) is 16.5 Å². The van der Waals surface area contributed by atoms with E-state index in [1.54, 1.807) is 48.8 Å². The average Bonchev–Trinajstić information content (AvgIpc) is 3.43. The number of H-pyrrole nitrogens is 2. The molecule has 3 heterocycles. The number of rotatable bonds is 6. The Morgan fingerprint density at radius 3 is 2.58 bits per heavy atom. The lowest BCUT2D eigenvalue weighted by Crippen LogP contribution is -2.14. The smallest absolute Gasteiger partial charge is 0.336 e. The minimum Gasteiger partial charge on any atom is -0.478 e. The molecule has 2 aromatic carbocycles. The zero-order valence-corrected chi connectivity index (χ0v) is 17.5. The second kappa shape index (κ2) is 8.47. The van der Waals surface area contributed by atoms with Gasteiger partial charge in [-0.25, -0.2) is 9.78 Å². The third-order valence-corrected chi connectivity index (χ3v) is 5.52. The van der Waals surface area contributed by atoms with Crippen LogP contribution in [0.25, 0.3) is 33.6 Å². The number of aliphatic carboxylic acids is 1. The Morgan fingerprint density at radius 2 is 1.76 bits per heavy atom. The first-order valence-electron chi connectivity index (χ1n) is 10.4. The number of benzene rings is 2. The van der Waals surface area contributed by atoms with Crippen molar-refractivity contribution >= 4 is 51.1 Å². The predicted octanol–water partition coefficient (Wildman–Crippen LogP) is 4.85. The summed E-state index contributed by atoms with van der Waals surface area (Å²) < 4.78 is 0. The minimum absolute atomic E-state index is 0.149. The molecule has 0 atom stereocenters. The molecule has 0 fully saturated rings. The number of para-hydroxylation sites is 1. The topological polar surface area (TPSA) is 111 Å². The summed E-state index contributed by atoms with van der Waals surface area (Å²) in [6, 6.07) is 18.4. The Kier molecular flexibility index (Phi) is 5.20. The van der Waals surface area contributed by atoms with Crippen molar-refractivity contribution in [3.63, 3.8) is 0 Å². The van der Waals surface area contributed by atoms with Crippen molar-refractivity contribution in [2.45, 2.75) is 6.42 Å². The molecule has 1 amide bonds. The van der Waals surface area contributed by atoms with Gasteiger partial charge >= 0.3 is 5.97 Å². The second-order valence-corrected chi connectivity index (χ2v) is 7.64. The number of anilines is 1. The van der Waals surface area contributed by atoms with Gasteiger partial charge in [0.15, 0.2) is 0 Å². The zero-order valence-electron chi connectivity index (χ0n) is 17.5. The number of amides is 1. The zero-order chi connectivity index (χ0) is 22.8. The summed E-state index contributed by atoms with van der Waals surface area (Å²) in [7, 11) is 0. The fourth-order valence-corrected chi connectivity index (χ4v) is 3.99. The summed E-state index contributed by atoms with van der Waals surface area (Å²) in [4.78, 5) is 35.4. The third kappa shape index (κ3) is 3.99. The summed E-state index contributed by atoms with van der Waals surface area (Å²) in [5.41, 5.74) is 4.37. The molecule has 0 aliphatic rings. The van der Waals surface area contributed by atoms with Crippen molar-refractivity contribution in [2.24, 2.45) is 0 Å². The van der Waals surface area contributed by atoms with Gasteiger partial charge in [-0.2, -0.15) is 0 Å². The maximum atomic E-state index is 12.9. The van der Waals surface area contributed by atoms with Gasteiger partial charge in [0, 0.05) is 40.4 Å². The number of carboxylic acids is 1. The van der Waals surface area contributed by atoms with E-state index in [9.17, 15) is 14.7 Å². The monoisotopic (exact) mass is 436 g/mol. The molecule has 162 valence electrons.